The van der Waals surface area contributed by atoms with Gasteiger partial charge < -0.3 is 14.6 Å². The third-order valence-corrected chi connectivity index (χ3v) is 7.33. The molecule has 1 amide bonds. The molecule has 0 spiro atoms. The Morgan fingerprint density at radius 2 is 1.64 bits per heavy atom. The van der Waals surface area contributed by atoms with Crippen LogP contribution in [-0.4, -0.2) is 35.7 Å². The van der Waals surface area contributed by atoms with Crippen LogP contribution >= 0.6 is 0 Å². The average Bonchev–Trinajstić information content (AvgIpc) is 3.45. The number of amides is 1. The van der Waals surface area contributed by atoms with E-state index in [0.717, 1.165) is 16.7 Å². The second kappa shape index (κ2) is 14.8. The van der Waals surface area contributed by atoms with Crippen LogP contribution in [0.3, 0.4) is 0 Å². The highest BCUT2D eigenvalue weighted by molar-refractivity contribution is 6.01. The molecule has 0 saturated carbocycles. The van der Waals surface area contributed by atoms with Crippen LogP contribution in [-0.2, 0) is 29.0 Å². The summed E-state index contributed by atoms with van der Waals surface area (Å²) in [5.41, 5.74) is 17.7. The van der Waals surface area contributed by atoms with E-state index in [4.69, 9.17) is 25.1 Å². The average molecular weight is 591 g/mol. The summed E-state index contributed by atoms with van der Waals surface area (Å²) < 4.78 is 12.3. The van der Waals surface area contributed by atoms with Crippen molar-refractivity contribution in [2.24, 2.45) is 10.1 Å². The number of hydrazine groups is 1. The lowest BCUT2D eigenvalue weighted by Crippen LogP contribution is -2.53. The number of nitrogens with one attached hydrogen (secondary N) is 2. The van der Waals surface area contributed by atoms with E-state index in [0.29, 0.717) is 42.3 Å². The first kappa shape index (κ1) is 30.3. The smallest absolute Gasteiger partial charge is 0.266 e. The van der Waals surface area contributed by atoms with Crippen LogP contribution < -0.4 is 15.6 Å². The van der Waals surface area contributed by atoms with E-state index in [1.807, 2.05) is 109 Å². The van der Waals surface area contributed by atoms with Gasteiger partial charge in [0.25, 0.3) is 5.91 Å². The number of rotatable bonds is 14. The van der Waals surface area contributed by atoms with E-state index < -0.39 is 11.6 Å². The Morgan fingerprint density at radius 1 is 0.955 bits per heavy atom. The summed E-state index contributed by atoms with van der Waals surface area (Å²) in [7, 11) is 0. The number of hydrogen-bond acceptors (Lipinski definition) is 7. The third-order valence-electron chi connectivity index (χ3n) is 7.33. The Hall–Kier alpha value is -5.15. The Bertz CT molecular complexity index is 1610. The van der Waals surface area contributed by atoms with Crippen molar-refractivity contribution >= 4 is 11.8 Å². The van der Waals surface area contributed by atoms with Gasteiger partial charge in [0, 0.05) is 36.5 Å². The molecule has 1 heterocycles. The van der Waals surface area contributed by atoms with Gasteiger partial charge >= 0.3 is 0 Å². The maximum Gasteiger partial charge on any atom is 0.266 e. The van der Waals surface area contributed by atoms with Crippen LogP contribution in [0.2, 0.25) is 0 Å². The van der Waals surface area contributed by atoms with Gasteiger partial charge in [0.2, 0.25) is 5.90 Å². The van der Waals surface area contributed by atoms with Gasteiger partial charge in [0.05, 0.1) is 13.2 Å². The number of benzene rings is 4. The van der Waals surface area contributed by atoms with E-state index in [1.165, 1.54) is 0 Å². The Balaban J connectivity index is 1.55. The van der Waals surface area contributed by atoms with E-state index in [9.17, 15) is 4.79 Å². The quantitative estimate of drug-likeness (QED) is 0.0578. The highest BCUT2D eigenvalue weighted by atomic mass is 16.5. The first-order chi connectivity index (χ1) is 21.6. The molecule has 0 saturated heterocycles. The molecule has 0 unspecified atom stereocenters. The Morgan fingerprint density at radius 3 is 2.34 bits per heavy atom. The molecule has 5 rings (SSSR count). The predicted molar refractivity (Wildman–Crippen MR) is 168 cm³/mol. The minimum absolute atomic E-state index is 0.0526. The number of aliphatic hydroxyl groups excluding tert-OH is 1. The highest BCUT2D eigenvalue weighted by Crippen LogP contribution is 2.43. The van der Waals surface area contributed by atoms with Crippen molar-refractivity contribution in [3.63, 3.8) is 0 Å². The SMILES string of the molecule is [N-]=[N+]=NCc1ccccc1[C@@H]1OC(c2ccc(OCCCO)cc2)=N[C@]1(Cc1ccccc1)C(=O)NNCc1ccccc1. The number of aliphatic hydroxyl groups is 1. The van der Waals surface area contributed by atoms with Crippen LogP contribution in [0.15, 0.2) is 119 Å². The van der Waals surface area contributed by atoms with Crippen LogP contribution in [0.25, 0.3) is 10.4 Å². The van der Waals surface area contributed by atoms with Crippen molar-refractivity contribution < 1.29 is 19.4 Å². The van der Waals surface area contributed by atoms with Gasteiger partial charge in [-0.1, -0.05) is 90.0 Å². The highest BCUT2D eigenvalue weighted by Gasteiger charge is 2.53. The molecule has 4 aromatic carbocycles. The standard InChI is InChI=1S/C34H34N6O4/c35-40-37-24-28-14-7-8-15-30(28)31-34(22-25-10-3-1-4-11-25,33(42)39-36-23-26-12-5-2-6-13-26)38-32(44-31)27-16-18-29(19-17-27)43-21-9-20-41/h1-8,10-19,31,36,41H,9,20-24H2,(H,39,42)/t31-,34-/m0/s1. The second-order valence-corrected chi connectivity index (χ2v) is 10.3. The molecule has 0 aromatic heterocycles. The lowest BCUT2D eigenvalue weighted by Gasteiger charge is -2.31. The summed E-state index contributed by atoms with van der Waals surface area (Å²) >= 11 is 0. The molecule has 1 aliphatic heterocycles. The first-order valence-corrected chi connectivity index (χ1v) is 14.4. The number of azide groups is 1. The minimum Gasteiger partial charge on any atom is -0.494 e. The van der Waals surface area contributed by atoms with Crippen molar-refractivity contribution in [2.75, 3.05) is 13.2 Å². The zero-order chi connectivity index (χ0) is 30.6. The normalized spacial score (nSPS) is 17.2. The molecule has 44 heavy (non-hydrogen) atoms. The zero-order valence-electron chi connectivity index (χ0n) is 24.2. The maximum absolute atomic E-state index is 14.4. The number of ether oxygens (including phenoxy) is 2. The zero-order valence-corrected chi connectivity index (χ0v) is 24.2. The molecular formula is C34H34N6O4. The van der Waals surface area contributed by atoms with Gasteiger partial charge in [-0.2, -0.15) is 0 Å². The molecule has 10 heteroatoms. The summed E-state index contributed by atoms with van der Waals surface area (Å²) in [5.74, 6) is 0.597. The number of nitrogens with zero attached hydrogens (tertiary/aromatic N) is 4. The first-order valence-electron chi connectivity index (χ1n) is 14.4. The van der Waals surface area contributed by atoms with Gasteiger partial charge in [-0.15, -0.1) is 0 Å². The Kier molecular flexibility index (Phi) is 10.2. The van der Waals surface area contributed by atoms with E-state index in [-0.39, 0.29) is 25.5 Å². The van der Waals surface area contributed by atoms with Crippen LogP contribution in [0.1, 0.15) is 40.3 Å². The van der Waals surface area contributed by atoms with Gasteiger partial charge in [-0.05, 0) is 52.1 Å². The molecule has 0 aliphatic carbocycles. The number of carbonyl (C=O) groups excluding carboxylic acids is 1. The van der Waals surface area contributed by atoms with E-state index >= 15 is 0 Å². The van der Waals surface area contributed by atoms with Crippen molar-refractivity contribution in [1.29, 1.82) is 0 Å². The van der Waals surface area contributed by atoms with Gasteiger partial charge in [0.1, 0.15) is 5.75 Å². The van der Waals surface area contributed by atoms with Gasteiger partial charge in [0.15, 0.2) is 11.6 Å². The van der Waals surface area contributed by atoms with Crippen LogP contribution in [0, 0.1) is 0 Å². The van der Waals surface area contributed by atoms with Crippen molar-refractivity contribution in [3.05, 3.63) is 147 Å². The molecule has 3 N–H and O–H groups in total. The van der Waals surface area contributed by atoms with Crippen molar-refractivity contribution in [1.82, 2.24) is 10.9 Å². The van der Waals surface area contributed by atoms with Crippen LogP contribution in [0.5, 0.6) is 5.75 Å². The summed E-state index contributed by atoms with van der Waals surface area (Å²) in [6.07, 6.45) is -0.0509. The molecule has 4 aromatic rings. The van der Waals surface area contributed by atoms with Crippen molar-refractivity contribution in [3.8, 4) is 5.75 Å². The van der Waals surface area contributed by atoms with Gasteiger partial charge in [-0.25, -0.2) is 10.4 Å². The molecular weight excluding hydrogens is 556 g/mol. The lowest BCUT2D eigenvalue weighted by molar-refractivity contribution is -0.130. The molecule has 2 atom stereocenters. The molecule has 224 valence electrons. The molecule has 1 aliphatic rings. The lowest BCUT2D eigenvalue weighted by atomic mass is 9.81. The predicted octanol–water partition coefficient (Wildman–Crippen LogP) is 5.58. The molecule has 10 nitrogen and oxygen atoms in total. The monoisotopic (exact) mass is 590 g/mol. The van der Waals surface area contributed by atoms with E-state index in [2.05, 4.69) is 20.9 Å². The largest absolute Gasteiger partial charge is 0.494 e. The Labute approximate surface area is 256 Å². The molecule has 0 fully saturated rings. The third kappa shape index (κ3) is 7.25. The second-order valence-electron chi connectivity index (χ2n) is 10.3. The summed E-state index contributed by atoms with van der Waals surface area (Å²) in [6, 6.07) is 34.2. The molecule has 0 radical (unpaired) electrons. The number of carbonyl (C=O) groups is 1. The summed E-state index contributed by atoms with van der Waals surface area (Å²) in [5, 5.41) is 12.9. The fourth-order valence-electron chi connectivity index (χ4n) is 5.14. The summed E-state index contributed by atoms with van der Waals surface area (Å²) in [6.45, 7) is 0.961. The number of aliphatic imine (C=N–C) groups is 1. The minimum atomic E-state index is -1.41. The fraction of sp³-hybridized carbons (Fsp3) is 0.235. The van der Waals surface area contributed by atoms with Crippen LogP contribution in [0.4, 0.5) is 0 Å². The van der Waals surface area contributed by atoms with Crippen molar-refractivity contribution in [2.45, 2.75) is 37.6 Å². The van der Waals surface area contributed by atoms with Gasteiger partial charge in [-0.3, -0.25) is 10.2 Å². The topological polar surface area (TPSA) is 141 Å². The maximum atomic E-state index is 14.4. The summed E-state index contributed by atoms with van der Waals surface area (Å²) in [4.78, 5) is 22.4. The number of hydrogen-bond donors (Lipinski definition) is 3. The fourth-order valence-corrected chi connectivity index (χ4v) is 5.14. The molecule has 0 bridgehead atoms. The van der Waals surface area contributed by atoms with E-state index in [1.54, 1.807) is 0 Å².